The largest absolute Gasteiger partial charge is 0.345 e. The predicted molar refractivity (Wildman–Crippen MR) is 104 cm³/mol. The molecular formula is C19H16ClFN4O3. The Kier molecular flexibility index (Phi) is 5.41. The summed E-state index contributed by atoms with van der Waals surface area (Å²) < 4.78 is 14.5. The lowest BCUT2D eigenvalue weighted by Gasteiger charge is -2.13. The van der Waals surface area contributed by atoms with Gasteiger partial charge in [0.2, 0.25) is 5.91 Å². The Morgan fingerprint density at radius 1 is 1.21 bits per heavy atom. The van der Waals surface area contributed by atoms with Crippen molar-refractivity contribution in [3.63, 3.8) is 0 Å². The van der Waals surface area contributed by atoms with Crippen LogP contribution in [0.5, 0.6) is 0 Å². The van der Waals surface area contributed by atoms with Gasteiger partial charge < -0.3 is 10.2 Å². The first-order valence-electron chi connectivity index (χ1n) is 8.22. The van der Waals surface area contributed by atoms with Crippen LogP contribution in [0.1, 0.15) is 10.4 Å². The van der Waals surface area contributed by atoms with Crippen LogP contribution in [0, 0.1) is 5.82 Å². The molecule has 0 atom stereocenters. The third-order valence-electron chi connectivity index (χ3n) is 3.99. The first-order valence-corrected chi connectivity index (χ1v) is 8.60. The molecule has 0 saturated heterocycles. The van der Waals surface area contributed by atoms with E-state index in [9.17, 15) is 18.8 Å². The maximum Gasteiger partial charge on any atom is 0.261 e. The molecule has 2 amide bonds. The van der Waals surface area contributed by atoms with Crippen molar-refractivity contribution in [2.45, 2.75) is 6.54 Å². The molecule has 0 spiro atoms. The second-order valence-corrected chi connectivity index (χ2v) is 6.69. The van der Waals surface area contributed by atoms with Gasteiger partial charge in [-0.15, -0.1) is 0 Å². The van der Waals surface area contributed by atoms with E-state index in [1.165, 1.54) is 35.5 Å². The lowest BCUT2D eigenvalue weighted by atomic mass is 10.2. The molecule has 3 rings (SSSR count). The second kappa shape index (κ2) is 7.77. The van der Waals surface area contributed by atoms with Crippen LogP contribution >= 0.6 is 11.6 Å². The third-order valence-corrected chi connectivity index (χ3v) is 4.32. The predicted octanol–water partition coefficient (Wildman–Crippen LogP) is 2.53. The number of aromatic nitrogens is 2. The molecule has 0 unspecified atom stereocenters. The van der Waals surface area contributed by atoms with Crippen LogP contribution < -0.4 is 10.9 Å². The molecule has 7 nitrogen and oxygen atoms in total. The fourth-order valence-electron chi connectivity index (χ4n) is 2.60. The van der Waals surface area contributed by atoms with Crippen molar-refractivity contribution in [1.29, 1.82) is 0 Å². The molecule has 0 aliphatic heterocycles. The van der Waals surface area contributed by atoms with Crippen molar-refractivity contribution in [2.24, 2.45) is 0 Å². The van der Waals surface area contributed by atoms with E-state index in [1.54, 1.807) is 20.2 Å². The summed E-state index contributed by atoms with van der Waals surface area (Å²) in [7, 11) is 3.22. The van der Waals surface area contributed by atoms with Crippen LogP contribution in [0.3, 0.4) is 0 Å². The van der Waals surface area contributed by atoms with E-state index < -0.39 is 17.3 Å². The van der Waals surface area contributed by atoms with Gasteiger partial charge in [0.25, 0.3) is 11.5 Å². The average Bonchev–Trinajstić information content (AvgIpc) is 2.65. The molecule has 0 aliphatic rings. The zero-order valence-corrected chi connectivity index (χ0v) is 15.8. The van der Waals surface area contributed by atoms with Crippen LogP contribution in [-0.2, 0) is 11.3 Å². The van der Waals surface area contributed by atoms with E-state index in [4.69, 9.17) is 11.6 Å². The zero-order valence-electron chi connectivity index (χ0n) is 15.1. The van der Waals surface area contributed by atoms with Crippen molar-refractivity contribution in [3.05, 3.63) is 69.5 Å². The second-order valence-electron chi connectivity index (χ2n) is 6.28. The monoisotopic (exact) mass is 402 g/mol. The fraction of sp³-hybridized carbons (Fsp3) is 0.158. The molecule has 0 aliphatic carbocycles. The molecule has 0 bridgehead atoms. The molecule has 0 fully saturated rings. The van der Waals surface area contributed by atoms with Gasteiger partial charge in [-0.3, -0.25) is 19.0 Å². The van der Waals surface area contributed by atoms with Crippen molar-refractivity contribution < 1.29 is 14.0 Å². The SMILES string of the molecule is CN(C)C(=O)c1ccc(Cl)c(NC(=O)Cn2cnc3ccc(F)cc3c2=O)c1. The van der Waals surface area contributed by atoms with Gasteiger partial charge in [-0.25, -0.2) is 9.37 Å². The van der Waals surface area contributed by atoms with E-state index in [2.05, 4.69) is 10.3 Å². The van der Waals surface area contributed by atoms with Gasteiger partial charge in [0.1, 0.15) is 12.4 Å². The lowest BCUT2D eigenvalue weighted by molar-refractivity contribution is -0.116. The first-order chi connectivity index (χ1) is 13.3. The highest BCUT2D eigenvalue weighted by Crippen LogP contribution is 2.23. The van der Waals surface area contributed by atoms with Crippen LogP contribution in [-0.4, -0.2) is 40.4 Å². The molecule has 0 radical (unpaired) electrons. The van der Waals surface area contributed by atoms with Crippen LogP contribution in [0.15, 0.2) is 47.5 Å². The van der Waals surface area contributed by atoms with E-state index in [0.717, 1.165) is 10.6 Å². The molecule has 144 valence electrons. The summed E-state index contributed by atoms with van der Waals surface area (Å²) in [6.07, 6.45) is 1.22. The van der Waals surface area contributed by atoms with Gasteiger partial charge in [0.15, 0.2) is 0 Å². The summed E-state index contributed by atoms with van der Waals surface area (Å²) >= 11 is 6.09. The topological polar surface area (TPSA) is 84.3 Å². The van der Waals surface area contributed by atoms with Crippen molar-refractivity contribution in [2.75, 3.05) is 19.4 Å². The minimum atomic E-state index is -0.567. The number of hydrogen-bond acceptors (Lipinski definition) is 4. The molecule has 1 N–H and O–H groups in total. The highest BCUT2D eigenvalue weighted by atomic mass is 35.5. The van der Waals surface area contributed by atoms with Crippen molar-refractivity contribution in [3.8, 4) is 0 Å². The van der Waals surface area contributed by atoms with E-state index in [1.807, 2.05) is 0 Å². The molecule has 3 aromatic rings. The third kappa shape index (κ3) is 4.01. The number of carbonyl (C=O) groups excluding carboxylic acids is 2. The molecule has 1 aromatic heterocycles. The van der Waals surface area contributed by atoms with E-state index in [0.29, 0.717) is 11.1 Å². The van der Waals surface area contributed by atoms with E-state index in [-0.39, 0.29) is 28.5 Å². The average molecular weight is 403 g/mol. The summed E-state index contributed by atoms with van der Waals surface area (Å²) in [6, 6.07) is 8.18. The van der Waals surface area contributed by atoms with Gasteiger partial charge in [0.05, 0.1) is 27.9 Å². The van der Waals surface area contributed by atoms with Gasteiger partial charge >= 0.3 is 0 Å². The number of fused-ring (bicyclic) bond motifs is 1. The highest BCUT2D eigenvalue weighted by Gasteiger charge is 2.14. The van der Waals surface area contributed by atoms with Gasteiger partial charge in [-0.2, -0.15) is 0 Å². The fourth-order valence-corrected chi connectivity index (χ4v) is 2.77. The van der Waals surface area contributed by atoms with Crippen molar-refractivity contribution in [1.82, 2.24) is 14.5 Å². The van der Waals surface area contributed by atoms with Gasteiger partial charge in [0, 0.05) is 19.7 Å². The molecular weight excluding hydrogens is 387 g/mol. The maximum absolute atomic E-state index is 13.4. The number of nitrogens with zero attached hydrogens (tertiary/aromatic N) is 3. The van der Waals surface area contributed by atoms with E-state index >= 15 is 0 Å². The maximum atomic E-state index is 13.4. The highest BCUT2D eigenvalue weighted by molar-refractivity contribution is 6.33. The Bertz CT molecular complexity index is 1140. The van der Waals surface area contributed by atoms with Crippen LogP contribution in [0.4, 0.5) is 10.1 Å². The zero-order chi connectivity index (χ0) is 20.4. The van der Waals surface area contributed by atoms with Crippen LogP contribution in [0.25, 0.3) is 10.9 Å². The number of benzene rings is 2. The normalized spacial score (nSPS) is 10.7. The molecule has 28 heavy (non-hydrogen) atoms. The summed E-state index contributed by atoms with van der Waals surface area (Å²) in [5.41, 5.74) is 0.389. The summed E-state index contributed by atoms with van der Waals surface area (Å²) in [4.78, 5) is 42.4. The number of rotatable bonds is 4. The Labute approximate surface area is 164 Å². The van der Waals surface area contributed by atoms with Crippen molar-refractivity contribution >= 4 is 40.0 Å². The molecule has 9 heteroatoms. The lowest BCUT2D eigenvalue weighted by Crippen LogP contribution is -2.28. The molecule has 2 aromatic carbocycles. The number of amides is 2. The van der Waals surface area contributed by atoms with Gasteiger partial charge in [-0.1, -0.05) is 11.6 Å². The number of anilines is 1. The van der Waals surface area contributed by atoms with Crippen LogP contribution in [0.2, 0.25) is 5.02 Å². The summed E-state index contributed by atoms with van der Waals surface area (Å²) in [6.45, 7) is -0.347. The number of nitrogens with one attached hydrogen (secondary N) is 1. The quantitative estimate of drug-likeness (QED) is 0.726. The Hall–Kier alpha value is -3.26. The van der Waals surface area contributed by atoms with Gasteiger partial charge in [-0.05, 0) is 36.4 Å². The number of hydrogen-bond donors (Lipinski definition) is 1. The summed E-state index contributed by atoms with van der Waals surface area (Å²) in [5.74, 6) is -1.36. The Morgan fingerprint density at radius 2 is 1.96 bits per heavy atom. The minimum absolute atomic E-state index is 0.0758. The minimum Gasteiger partial charge on any atom is -0.345 e. The first kappa shape index (κ1) is 19.5. The molecule has 0 saturated carbocycles. The Balaban J connectivity index is 1.84. The smallest absolute Gasteiger partial charge is 0.261 e. The Morgan fingerprint density at radius 3 is 2.68 bits per heavy atom. The number of halogens is 2. The summed E-state index contributed by atoms with van der Waals surface area (Å²) in [5, 5.41) is 2.90. The molecule has 1 heterocycles. The number of carbonyl (C=O) groups is 2. The standard InChI is InChI=1S/C19H16ClFN4O3/c1-24(2)18(27)11-3-5-14(20)16(7-11)23-17(26)9-25-10-22-15-6-4-12(21)8-13(15)19(25)28/h3-8,10H,9H2,1-2H3,(H,23,26).